The van der Waals surface area contributed by atoms with Crippen LogP contribution >= 0.6 is 11.3 Å². The Bertz CT molecular complexity index is 1780. The number of aryl methyl sites for hydroxylation is 2. The van der Waals surface area contributed by atoms with Gasteiger partial charge in [-0.15, -0.1) is 11.3 Å². The molecule has 0 unspecified atom stereocenters. The molecule has 2 aromatic carbocycles. The Labute approximate surface area is 237 Å². The van der Waals surface area contributed by atoms with Gasteiger partial charge in [0.05, 0.1) is 47.5 Å². The number of thiazole rings is 1. The summed E-state index contributed by atoms with van der Waals surface area (Å²) in [4.78, 5) is 22.4. The minimum Gasteiger partial charge on any atom is -0.345 e. The lowest BCUT2D eigenvalue weighted by Gasteiger charge is -2.20. The number of hydrogen-bond donors (Lipinski definition) is 1. The summed E-state index contributed by atoms with van der Waals surface area (Å²) in [5, 5.41) is 10.2. The molecular formula is C29H30N6O3S2. The molecule has 11 heteroatoms. The van der Waals surface area contributed by atoms with Crippen molar-refractivity contribution >= 4 is 38.2 Å². The van der Waals surface area contributed by atoms with Crippen molar-refractivity contribution < 1.29 is 13.2 Å². The lowest BCUT2D eigenvalue weighted by Crippen LogP contribution is -2.29. The fraction of sp³-hybridized carbons (Fsp3) is 0.241. The zero-order valence-corrected chi connectivity index (χ0v) is 24.3. The van der Waals surface area contributed by atoms with E-state index in [9.17, 15) is 13.2 Å². The molecule has 1 amide bonds. The van der Waals surface area contributed by atoms with Crippen molar-refractivity contribution in [2.45, 2.75) is 33.0 Å². The number of nitrogens with zero attached hydrogens (tertiary/aromatic N) is 5. The molecule has 9 nitrogen and oxygen atoms in total. The topological polar surface area (TPSA) is 110 Å². The molecule has 206 valence electrons. The molecule has 0 aliphatic carbocycles. The van der Waals surface area contributed by atoms with Crippen LogP contribution in [-0.4, -0.2) is 44.6 Å². The molecule has 40 heavy (non-hydrogen) atoms. The number of benzene rings is 2. The number of amides is 1. The summed E-state index contributed by atoms with van der Waals surface area (Å²) in [6.45, 7) is 4.20. The summed E-state index contributed by atoms with van der Waals surface area (Å²) >= 11 is 1.43. The van der Waals surface area contributed by atoms with Crippen LogP contribution in [-0.2, 0) is 30.2 Å². The number of pyridine rings is 1. The highest BCUT2D eigenvalue weighted by molar-refractivity contribution is 7.88. The average molecular weight is 575 g/mol. The second-order valence-electron chi connectivity index (χ2n) is 9.87. The van der Waals surface area contributed by atoms with E-state index in [0.717, 1.165) is 38.9 Å². The summed E-state index contributed by atoms with van der Waals surface area (Å²) in [5.74, 6) is -0.206. The summed E-state index contributed by atoms with van der Waals surface area (Å²) in [5.41, 5.74) is 7.96. The van der Waals surface area contributed by atoms with E-state index in [1.807, 2.05) is 68.9 Å². The number of rotatable bonds is 9. The van der Waals surface area contributed by atoms with Crippen molar-refractivity contribution in [2.24, 2.45) is 7.05 Å². The number of para-hydroxylation sites is 1. The van der Waals surface area contributed by atoms with Crippen LogP contribution in [0.25, 0.3) is 22.2 Å². The number of aromatic nitrogens is 4. The molecule has 1 N–H and O–H groups in total. The van der Waals surface area contributed by atoms with Crippen molar-refractivity contribution in [2.75, 3.05) is 6.26 Å². The molecule has 0 fully saturated rings. The molecule has 0 bridgehead atoms. The van der Waals surface area contributed by atoms with Gasteiger partial charge in [0, 0.05) is 41.7 Å². The largest absolute Gasteiger partial charge is 0.345 e. The predicted octanol–water partition coefficient (Wildman–Crippen LogP) is 4.85. The molecule has 3 heterocycles. The van der Waals surface area contributed by atoms with E-state index >= 15 is 0 Å². The highest BCUT2D eigenvalue weighted by Crippen LogP contribution is 2.29. The highest BCUT2D eigenvalue weighted by Gasteiger charge is 2.21. The van der Waals surface area contributed by atoms with Gasteiger partial charge in [-0.1, -0.05) is 30.3 Å². The Morgan fingerprint density at radius 1 is 1.15 bits per heavy atom. The fourth-order valence-electron chi connectivity index (χ4n) is 4.68. The first-order chi connectivity index (χ1) is 19.1. The molecule has 5 aromatic rings. The van der Waals surface area contributed by atoms with Gasteiger partial charge in [-0.2, -0.15) is 9.40 Å². The van der Waals surface area contributed by atoms with Crippen molar-refractivity contribution in [3.05, 3.63) is 99.8 Å². The second-order valence-corrected chi connectivity index (χ2v) is 12.6. The zero-order chi connectivity index (χ0) is 28.4. The first-order valence-corrected chi connectivity index (χ1v) is 15.5. The molecule has 0 radical (unpaired) electrons. The van der Waals surface area contributed by atoms with Crippen LogP contribution in [0.3, 0.4) is 0 Å². The van der Waals surface area contributed by atoms with Gasteiger partial charge in [0.2, 0.25) is 10.0 Å². The number of sulfonamides is 1. The van der Waals surface area contributed by atoms with Crippen LogP contribution in [0.1, 0.15) is 45.7 Å². The van der Waals surface area contributed by atoms with Crippen molar-refractivity contribution in [3.8, 4) is 11.3 Å². The molecule has 1 atom stereocenters. The minimum absolute atomic E-state index is 0.190. The van der Waals surface area contributed by atoms with Crippen LogP contribution in [0.5, 0.6) is 0 Å². The minimum atomic E-state index is -3.46. The van der Waals surface area contributed by atoms with Crippen molar-refractivity contribution in [1.29, 1.82) is 0 Å². The number of carbonyl (C=O) groups is 1. The van der Waals surface area contributed by atoms with E-state index in [2.05, 4.69) is 15.4 Å². The Morgan fingerprint density at radius 2 is 1.95 bits per heavy atom. The SMILES string of the molecule is Cc1cc(CN(Cc2cscn2)S(C)(=O)=O)ccc1C(=O)N[C@H](C)c1cc(-c2cnn(C)c2)nc2ccccc12. The number of nitrogens with one attached hydrogen (secondary N) is 1. The quantitative estimate of drug-likeness (QED) is 0.269. The monoisotopic (exact) mass is 574 g/mol. The molecule has 0 saturated carbocycles. The third-order valence-corrected chi connectivity index (χ3v) is 8.58. The van der Waals surface area contributed by atoms with E-state index in [-0.39, 0.29) is 25.0 Å². The maximum Gasteiger partial charge on any atom is 0.252 e. The van der Waals surface area contributed by atoms with Crippen LogP contribution in [0.4, 0.5) is 0 Å². The lowest BCUT2D eigenvalue weighted by molar-refractivity contribution is 0.0939. The lowest BCUT2D eigenvalue weighted by atomic mass is 9.99. The van der Waals surface area contributed by atoms with Crippen molar-refractivity contribution in [3.63, 3.8) is 0 Å². The van der Waals surface area contributed by atoms with Crippen LogP contribution in [0, 0.1) is 6.92 Å². The maximum absolute atomic E-state index is 13.4. The van der Waals surface area contributed by atoms with E-state index in [1.54, 1.807) is 28.5 Å². The predicted molar refractivity (Wildman–Crippen MR) is 157 cm³/mol. The Hall–Kier alpha value is -3.93. The summed E-state index contributed by atoms with van der Waals surface area (Å²) in [6, 6.07) is 15.0. The number of carbonyl (C=O) groups excluding carboxylic acids is 1. The summed E-state index contributed by atoms with van der Waals surface area (Å²) in [6.07, 6.45) is 4.88. The third kappa shape index (κ3) is 6.11. The molecule has 0 aliphatic rings. The molecule has 3 aromatic heterocycles. The van der Waals surface area contributed by atoms with Gasteiger partial charge >= 0.3 is 0 Å². The fourth-order valence-corrected chi connectivity index (χ4v) is 5.98. The molecule has 0 spiro atoms. The summed E-state index contributed by atoms with van der Waals surface area (Å²) < 4.78 is 27.9. The summed E-state index contributed by atoms with van der Waals surface area (Å²) in [7, 11) is -1.59. The Kier molecular flexibility index (Phi) is 7.79. The van der Waals surface area contributed by atoms with Gasteiger partial charge in [-0.3, -0.25) is 9.48 Å². The Morgan fingerprint density at radius 3 is 2.62 bits per heavy atom. The standard InChI is InChI=1S/C29H30N6O3S2/c1-19-11-21(14-35(40(4,37)38)16-23-17-39-18-30-23)9-10-24(19)29(36)32-20(2)26-12-28(22-13-31-34(3)15-22)33-27-8-6-5-7-25(26)27/h5-13,15,17-18,20H,14,16H2,1-4H3,(H,32,36)/t20-/m1/s1. The molecule has 0 aliphatic heterocycles. The molecular weight excluding hydrogens is 544 g/mol. The van der Waals surface area contributed by atoms with Crippen molar-refractivity contribution in [1.82, 2.24) is 29.4 Å². The second kappa shape index (κ2) is 11.3. The van der Waals surface area contributed by atoms with Gasteiger partial charge in [-0.25, -0.2) is 18.4 Å². The van der Waals surface area contributed by atoms with Gasteiger partial charge in [0.15, 0.2) is 0 Å². The average Bonchev–Trinajstić information content (AvgIpc) is 3.59. The van der Waals surface area contributed by atoms with E-state index in [1.165, 1.54) is 21.9 Å². The van der Waals surface area contributed by atoms with Gasteiger partial charge in [0.25, 0.3) is 5.91 Å². The first-order valence-electron chi connectivity index (χ1n) is 12.7. The maximum atomic E-state index is 13.4. The smallest absolute Gasteiger partial charge is 0.252 e. The first kappa shape index (κ1) is 27.6. The van der Waals surface area contributed by atoms with Gasteiger partial charge in [0.1, 0.15) is 0 Å². The number of hydrogen-bond acceptors (Lipinski definition) is 7. The zero-order valence-electron chi connectivity index (χ0n) is 22.7. The third-order valence-electron chi connectivity index (χ3n) is 6.75. The molecule has 0 saturated heterocycles. The van der Waals surface area contributed by atoms with E-state index in [4.69, 9.17) is 4.98 Å². The van der Waals surface area contributed by atoms with Gasteiger partial charge in [-0.05, 0) is 48.7 Å². The highest BCUT2D eigenvalue weighted by atomic mass is 32.2. The van der Waals surface area contributed by atoms with Crippen LogP contribution in [0.2, 0.25) is 0 Å². The van der Waals surface area contributed by atoms with E-state index in [0.29, 0.717) is 11.3 Å². The number of fused-ring (bicyclic) bond motifs is 1. The van der Waals surface area contributed by atoms with Gasteiger partial charge < -0.3 is 5.32 Å². The van der Waals surface area contributed by atoms with Crippen LogP contribution in [0.15, 0.2) is 71.8 Å². The molecule has 5 rings (SSSR count). The van der Waals surface area contributed by atoms with Crippen LogP contribution < -0.4 is 5.32 Å². The Balaban J connectivity index is 1.37. The van der Waals surface area contributed by atoms with E-state index < -0.39 is 10.0 Å². The normalized spacial score (nSPS) is 12.6.